The molecule has 0 amide bonds. The quantitative estimate of drug-likeness (QED) is 0.546. The van der Waals surface area contributed by atoms with E-state index < -0.39 is 9.84 Å². The van der Waals surface area contributed by atoms with E-state index in [-0.39, 0.29) is 31.7 Å². The molecule has 0 aromatic heterocycles. The van der Waals surface area contributed by atoms with E-state index in [4.69, 9.17) is 10.2 Å². The highest BCUT2D eigenvalue weighted by Crippen LogP contribution is 2.02. The first-order chi connectivity index (χ1) is 6.44. The molecule has 0 aromatic rings. The van der Waals surface area contributed by atoms with Crippen LogP contribution in [-0.2, 0) is 9.84 Å². The Kier molecular flexibility index (Phi) is 6.26. The van der Waals surface area contributed by atoms with Crippen LogP contribution in [0.15, 0.2) is 0 Å². The largest absolute Gasteiger partial charge is 0.395 e. The van der Waals surface area contributed by atoms with Gasteiger partial charge in [0, 0.05) is 18.8 Å². The van der Waals surface area contributed by atoms with Gasteiger partial charge in [-0.3, -0.25) is 4.90 Å². The van der Waals surface area contributed by atoms with E-state index >= 15 is 0 Å². The summed E-state index contributed by atoms with van der Waals surface area (Å²) in [4.78, 5) is 1.56. The molecule has 0 radical (unpaired) electrons. The van der Waals surface area contributed by atoms with Gasteiger partial charge in [0.25, 0.3) is 0 Å². The lowest BCUT2D eigenvalue weighted by atomic mass is 10.2. The average Bonchev–Trinajstić information content (AvgIpc) is 2.10. The van der Waals surface area contributed by atoms with Gasteiger partial charge in [0.1, 0.15) is 9.84 Å². The Morgan fingerprint density at radius 1 is 1.36 bits per heavy atom. The minimum atomic E-state index is -3.01. The zero-order valence-electron chi connectivity index (χ0n) is 8.68. The van der Waals surface area contributed by atoms with E-state index in [0.29, 0.717) is 6.42 Å². The molecule has 5 nitrogen and oxygen atoms in total. The van der Waals surface area contributed by atoms with Gasteiger partial charge in [-0.15, -0.1) is 0 Å². The highest BCUT2D eigenvalue weighted by atomic mass is 32.2. The Morgan fingerprint density at radius 3 is 2.21 bits per heavy atom. The maximum absolute atomic E-state index is 10.9. The van der Waals surface area contributed by atoms with Crippen molar-refractivity contribution in [3.05, 3.63) is 0 Å². The highest BCUT2D eigenvalue weighted by Gasteiger charge is 2.16. The summed E-state index contributed by atoms with van der Waals surface area (Å²) in [6.07, 6.45) is 1.84. The summed E-state index contributed by atoms with van der Waals surface area (Å²) in [7, 11) is -3.01. The first-order valence-corrected chi connectivity index (χ1v) is 6.64. The smallest absolute Gasteiger partial charge is 0.148 e. The molecular formula is C8H19NO4S. The van der Waals surface area contributed by atoms with Gasteiger partial charge in [-0.1, -0.05) is 6.92 Å². The Balaban J connectivity index is 4.14. The summed E-state index contributed by atoms with van der Waals surface area (Å²) in [5.41, 5.74) is 0. The summed E-state index contributed by atoms with van der Waals surface area (Å²) < 4.78 is 21.8. The SMILES string of the molecule is CCC(CO)N(CO)CCS(C)(=O)=O. The number of rotatable bonds is 7. The van der Waals surface area contributed by atoms with E-state index in [9.17, 15) is 8.42 Å². The third kappa shape index (κ3) is 5.54. The summed E-state index contributed by atoms with van der Waals surface area (Å²) >= 11 is 0. The lowest BCUT2D eigenvalue weighted by Gasteiger charge is -2.26. The molecule has 0 saturated carbocycles. The molecule has 0 aromatic carbocycles. The lowest BCUT2D eigenvalue weighted by Crippen LogP contribution is -2.40. The number of hydrogen-bond acceptors (Lipinski definition) is 5. The molecule has 6 heteroatoms. The van der Waals surface area contributed by atoms with Crippen molar-refractivity contribution in [3.8, 4) is 0 Å². The van der Waals surface area contributed by atoms with Crippen LogP contribution in [-0.4, -0.2) is 61.5 Å². The fourth-order valence-corrected chi connectivity index (χ4v) is 1.72. The van der Waals surface area contributed by atoms with Gasteiger partial charge in [0.05, 0.1) is 19.1 Å². The summed E-state index contributed by atoms with van der Waals surface area (Å²) in [5, 5.41) is 17.9. The van der Waals surface area contributed by atoms with E-state index in [2.05, 4.69) is 0 Å². The molecule has 2 N–H and O–H groups in total. The zero-order valence-corrected chi connectivity index (χ0v) is 9.50. The third-order valence-electron chi connectivity index (χ3n) is 2.13. The van der Waals surface area contributed by atoms with Gasteiger partial charge in [-0.2, -0.15) is 0 Å². The first-order valence-electron chi connectivity index (χ1n) is 4.58. The number of aliphatic hydroxyl groups is 2. The maximum atomic E-state index is 10.9. The van der Waals surface area contributed by atoms with Crippen LogP contribution in [0.1, 0.15) is 13.3 Å². The van der Waals surface area contributed by atoms with Crippen LogP contribution in [0.25, 0.3) is 0 Å². The second kappa shape index (κ2) is 6.34. The van der Waals surface area contributed by atoms with Crippen molar-refractivity contribution in [3.63, 3.8) is 0 Å². The van der Waals surface area contributed by atoms with Crippen LogP contribution in [0.3, 0.4) is 0 Å². The summed E-state index contributed by atoms with van der Waals surface area (Å²) in [5.74, 6) is 0.00403. The molecule has 0 saturated heterocycles. The minimum Gasteiger partial charge on any atom is -0.395 e. The predicted molar refractivity (Wildman–Crippen MR) is 54.7 cm³/mol. The van der Waals surface area contributed by atoms with Crippen LogP contribution >= 0.6 is 0 Å². The van der Waals surface area contributed by atoms with Crippen molar-refractivity contribution < 1.29 is 18.6 Å². The third-order valence-corrected chi connectivity index (χ3v) is 3.05. The maximum Gasteiger partial charge on any atom is 0.148 e. The summed E-state index contributed by atoms with van der Waals surface area (Å²) in [6.45, 7) is 1.84. The second-order valence-corrected chi connectivity index (χ2v) is 5.59. The van der Waals surface area contributed by atoms with Gasteiger partial charge in [-0.25, -0.2) is 8.42 Å². The van der Waals surface area contributed by atoms with Crippen LogP contribution in [0, 0.1) is 0 Å². The number of sulfone groups is 1. The van der Waals surface area contributed by atoms with E-state index in [1.807, 2.05) is 6.92 Å². The fraction of sp³-hybridized carbons (Fsp3) is 1.00. The molecule has 0 aliphatic carbocycles. The van der Waals surface area contributed by atoms with Gasteiger partial charge < -0.3 is 10.2 Å². The first kappa shape index (κ1) is 13.8. The normalized spacial score (nSPS) is 14.6. The van der Waals surface area contributed by atoms with Crippen LogP contribution in [0.4, 0.5) is 0 Å². The average molecular weight is 225 g/mol. The Labute approximate surface area is 85.3 Å². The molecular weight excluding hydrogens is 206 g/mol. The molecule has 0 fully saturated rings. The second-order valence-electron chi connectivity index (χ2n) is 3.33. The molecule has 86 valence electrons. The van der Waals surface area contributed by atoms with Crippen molar-refractivity contribution >= 4 is 9.84 Å². The van der Waals surface area contributed by atoms with Crippen molar-refractivity contribution in [2.24, 2.45) is 0 Å². The van der Waals surface area contributed by atoms with E-state index in [1.165, 1.54) is 0 Å². The van der Waals surface area contributed by atoms with Gasteiger partial charge in [-0.05, 0) is 6.42 Å². The number of hydrogen-bond donors (Lipinski definition) is 2. The molecule has 1 atom stereocenters. The Morgan fingerprint density at radius 2 is 1.93 bits per heavy atom. The minimum absolute atomic E-state index is 0.00403. The molecule has 0 heterocycles. The Hall–Kier alpha value is -0.170. The van der Waals surface area contributed by atoms with Crippen LogP contribution < -0.4 is 0 Å². The van der Waals surface area contributed by atoms with Crippen molar-refractivity contribution in [1.29, 1.82) is 0 Å². The van der Waals surface area contributed by atoms with Gasteiger partial charge >= 0.3 is 0 Å². The molecule has 0 bridgehead atoms. The molecule has 0 rings (SSSR count). The predicted octanol–water partition coefficient (Wildman–Crippen LogP) is -0.946. The van der Waals surface area contributed by atoms with Gasteiger partial charge in [0.2, 0.25) is 0 Å². The van der Waals surface area contributed by atoms with E-state index in [1.54, 1.807) is 4.90 Å². The van der Waals surface area contributed by atoms with Crippen LogP contribution in [0.5, 0.6) is 0 Å². The Bertz CT molecular complexity index is 236. The van der Waals surface area contributed by atoms with E-state index in [0.717, 1.165) is 6.26 Å². The number of aliphatic hydroxyl groups excluding tert-OH is 2. The lowest BCUT2D eigenvalue weighted by molar-refractivity contribution is 0.0434. The molecule has 1 unspecified atom stereocenters. The summed E-state index contributed by atoms with van der Waals surface area (Å²) in [6, 6.07) is -0.165. The zero-order chi connectivity index (χ0) is 11.2. The fourth-order valence-electron chi connectivity index (χ4n) is 1.15. The number of nitrogens with zero attached hydrogens (tertiary/aromatic N) is 1. The van der Waals surface area contributed by atoms with Crippen molar-refractivity contribution in [1.82, 2.24) is 4.90 Å². The molecule has 0 spiro atoms. The molecule has 14 heavy (non-hydrogen) atoms. The molecule has 0 aliphatic rings. The monoisotopic (exact) mass is 225 g/mol. The topological polar surface area (TPSA) is 77.8 Å². The highest BCUT2D eigenvalue weighted by molar-refractivity contribution is 7.90. The molecule has 0 aliphatic heterocycles. The van der Waals surface area contributed by atoms with Crippen molar-refractivity contribution in [2.45, 2.75) is 19.4 Å². The standard InChI is InChI=1S/C8H19NO4S/c1-3-8(6-10)9(7-11)4-5-14(2,12)13/h8,10-11H,3-7H2,1-2H3. The van der Waals surface area contributed by atoms with Gasteiger partial charge in [0.15, 0.2) is 0 Å². The van der Waals surface area contributed by atoms with Crippen LogP contribution in [0.2, 0.25) is 0 Å². The van der Waals surface area contributed by atoms with Crippen molar-refractivity contribution in [2.75, 3.05) is 31.9 Å².